The van der Waals surface area contributed by atoms with Gasteiger partial charge < -0.3 is 0 Å². The Balaban J connectivity index is 2.21. The van der Waals surface area contributed by atoms with Gasteiger partial charge in [-0.15, -0.1) is 0 Å². The van der Waals surface area contributed by atoms with Crippen LogP contribution in [0.3, 0.4) is 0 Å². The maximum Gasteiger partial charge on any atom is 0.241 e. The fourth-order valence-electron chi connectivity index (χ4n) is 2.50. The molecule has 4 heteroatoms. The highest BCUT2D eigenvalue weighted by atomic mass is 32.2. The van der Waals surface area contributed by atoms with E-state index in [1.54, 1.807) is 6.07 Å². The lowest BCUT2D eigenvalue weighted by molar-refractivity contribution is 0.412. The molecule has 1 aromatic carbocycles. The molecule has 1 saturated carbocycles. The maximum absolute atomic E-state index is 12.4. The number of aryl methyl sites for hydroxylation is 2. The van der Waals surface area contributed by atoms with Crippen LogP contribution >= 0.6 is 0 Å². The molecule has 0 radical (unpaired) electrons. The summed E-state index contributed by atoms with van der Waals surface area (Å²) in [6.45, 7) is 3.76. The summed E-state index contributed by atoms with van der Waals surface area (Å²) in [6.07, 6.45) is 5.40. The van der Waals surface area contributed by atoms with Gasteiger partial charge in [0.1, 0.15) is 0 Å². The van der Waals surface area contributed by atoms with Gasteiger partial charge in [-0.05, 0) is 43.9 Å². The van der Waals surface area contributed by atoms with Crippen LogP contribution in [-0.4, -0.2) is 14.5 Å². The van der Waals surface area contributed by atoms with Crippen molar-refractivity contribution in [2.45, 2.75) is 56.9 Å². The van der Waals surface area contributed by atoms with Gasteiger partial charge in [0.05, 0.1) is 4.90 Å². The predicted molar refractivity (Wildman–Crippen MR) is 73.1 cm³/mol. The topological polar surface area (TPSA) is 46.2 Å². The molecule has 1 fully saturated rings. The Kier molecular flexibility index (Phi) is 4.07. The van der Waals surface area contributed by atoms with Gasteiger partial charge in [0, 0.05) is 6.04 Å². The Hall–Kier alpha value is -0.870. The Morgan fingerprint density at radius 3 is 2.44 bits per heavy atom. The van der Waals surface area contributed by atoms with Crippen LogP contribution in [0.1, 0.15) is 43.2 Å². The van der Waals surface area contributed by atoms with Gasteiger partial charge in [0.25, 0.3) is 0 Å². The van der Waals surface area contributed by atoms with E-state index in [9.17, 15) is 8.42 Å². The van der Waals surface area contributed by atoms with Gasteiger partial charge in [0.15, 0.2) is 0 Å². The van der Waals surface area contributed by atoms with E-state index < -0.39 is 10.0 Å². The Morgan fingerprint density at radius 2 is 1.78 bits per heavy atom. The maximum atomic E-state index is 12.4. The van der Waals surface area contributed by atoms with Gasteiger partial charge in [-0.25, -0.2) is 13.1 Å². The zero-order valence-electron chi connectivity index (χ0n) is 11.1. The van der Waals surface area contributed by atoms with E-state index in [0.29, 0.717) is 4.90 Å². The summed E-state index contributed by atoms with van der Waals surface area (Å²) < 4.78 is 27.6. The van der Waals surface area contributed by atoms with E-state index in [4.69, 9.17) is 0 Å². The second-order valence-electron chi connectivity index (χ2n) is 5.23. The molecule has 1 aliphatic rings. The van der Waals surface area contributed by atoms with Gasteiger partial charge in [-0.3, -0.25) is 0 Å². The van der Waals surface area contributed by atoms with Crippen LogP contribution in [0.2, 0.25) is 0 Å². The summed E-state index contributed by atoms with van der Waals surface area (Å²) in [6, 6.07) is 5.67. The highest BCUT2D eigenvalue weighted by molar-refractivity contribution is 7.89. The SMILES string of the molecule is Cc1ccc(C)c(S(=O)(=O)NC2CCCCC2)c1. The molecular formula is C14H21NO2S. The molecule has 1 N–H and O–H groups in total. The molecule has 0 bridgehead atoms. The molecule has 0 amide bonds. The Labute approximate surface area is 110 Å². The van der Waals surface area contributed by atoms with E-state index in [-0.39, 0.29) is 6.04 Å². The molecule has 1 aliphatic carbocycles. The first kappa shape index (κ1) is 13.6. The van der Waals surface area contributed by atoms with Crippen molar-refractivity contribution in [1.82, 2.24) is 4.72 Å². The van der Waals surface area contributed by atoms with Crippen molar-refractivity contribution in [3.63, 3.8) is 0 Å². The standard InChI is InChI=1S/C14H21NO2S/c1-11-8-9-12(2)14(10-11)18(16,17)15-13-6-4-3-5-7-13/h8-10,13,15H,3-7H2,1-2H3. The third-order valence-electron chi connectivity index (χ3n) is 3.56. The van der Waals surface area contributed by atoms with E-state index in [2.05, 4.69) is 4.72 Å². The fraction of sp³-hybridized carbons (Fsp3) is 0.571. The van der Waals surface area contributed by atoms with Crippen molar-refractivity contribution < 1.29 is 8.42 Å². The highest BCUT2D eigenvalue weighted by Crippen LogP contribution is 2.22. The lowest BCUT2D eigenvalue weighted by Crippen LogP contribution is -2.36. The predicted octanol–water partition coefficient (Wildman–Crippen LogP) is 2.91. The number of rotatable bonds is 3. The van der Waals surface area contributed by atoms with Crippen LogP contribution in [0.4, 0.5) is 0 Å². The zero-order valence-corrected chi connectivity index (χ0v) is 11.9. The minimum Gasteiger partial charge on any atom is -0.208 e. The van der Waals surface area contributed by atoms with E-state index in [1.165, 1.54) is 6.42 Å². The average Bonchev–Trinajstić information content (AvgIpc) is 2.33. The molecule has 100 valence electrons. The summed E-state index contributed by atoms with van der Waals surface area (Å²) >= 11 is 0. The van der Waals surface area contributed by atoms with Crippen LogP contribution in [0.25, 0.3) is 0 Å². The third-order valence-corrected chi connectivity index (χ3v) is 5.22. The quantitative estimate of drug-likeness (QED) is 0.915. The second kappa shape index (κ2) is 5.41. The number of benzene rings is 1. The third kappa shape index (κ3) is 3.12. The smallest absolute Gasteiger partial charge is 0.208 e. The highest BCUT2D eigenvalue weighted by Gasteiger charge is 2.23. The molecule has 0 spiro atoms. The Morgan fingerprint density at radius 1 is 1.11 bits per heavy atom. The molecule has 0 aliphatic heterocycles. The molecule has 1 aromatic rings. The summed E-state index contributed by atoms with van der Waals surface area (Å²) in [7, 11) is -3.36. The first-order valence-corrected chi connectivity index (χ1v) is 8.07. The molecule has 0 saturated heterocycles. The van der Waals surface area contributed by atoms with Crippen LogP contribution in [0, 0.1) is 13.8 Å². The number of hydrogen-bond donors (Lipinski definition) is 1. The van der Waals surface area contributed by atoms with Crippen molar-refractivity contribution in [3.05, 3.63) is 29.3 Å². The number of nitrogens with one attached hydrogen (secondary N) is 1. The lowest BCUT2D eigenvalue weighted by Gasteiger charge is -2.23. The van der Waals surface area contributed by atoms with Crippen molar-refractivity contribution in [2.75, 3.05) is 0 Å². The molecule has 0 atom stereocenters. The molecule has 2 rings (SSSR count). The zero-order chi connectivity index (χ0) is 13.2. The van der Waals surface area contributed by atoms with Crippen molar-refractivity contribution in [1.29, 1.82) is 0 Å². The molecule has 0 aromatic heterocycles. The van der Waals surface area contributed by atoms with Crippen LogP contribution < -0.4 is 4.72 Å². The van der Waals surface area contributed by atoms with E-state index in [0.717, 1.165) is 36.8 Å². The molecule has 18 heavy (non-hydrogen) atoms. The van der Waals surface area contributed by atoms with Crippen molar-refractivity contribution >= 4 is 10.0 Å². The van der Waals surface area contributed by atoms with Crippen molar-refractivity contribution in [3.8, 4) is 0 Å². The number of hydrogen-bond acceptors (Lipinski definition) is 2. The molecule has 3 nitrogen and oxygen atoms in total. The Bertz CT molecular complexity index is 517. The summed E-state index contributed by atoms with van der Waals surface area (Å²) in [4.78, 5) is 0.424. The minimum absolute atomic E-state index is 0.115. The van der Waals surface area contributed by atoms with Crippen LogP contribution in [0.15, 0.2) is 23.1 Å². The van der Waals surface area contributed by atoms with Crippen LogP contribution in [0.5, 0.6) is 0 Å². The largest absolute Gasteiger partial charge is 0.241 e. The van der Waals surface area contributed by atoms with Gasteiger partial charge >= 0.3 is 0 Å². The first-order valence-electron chi connectivity index (χ1n) is 6.58. The monoisotopic (exact) mass is 267 g/mol. The van der Waals surface area contributed by atoms with Crippen LogP contribution in [-0.2, 0) is 10.0 Å². The molecule has 0 unspecified atom stereocenters. The van der Waals surface area contributed by atoms with Crippen molar-refractivity contribution in [2.24, 2.45) is 0 Å². The second-order valence-corrected chi connectivity index (χ2v) is 6.91. The lowest BCUT2D eigenvalue weighted by atomic mass is 9.96. The van der Waals surface area contributed by atoms with E-state index in [1.807, 2.05) is 26.0 Å². The summed E-state index contributed by atoms with van der Waals surface area (Å²) in [5.74, 6) is 0. The normalized spacial score (nSPS) is 17.9. The molecular weight excluding hydrogens is 246 g/mol. The average molecular weight is 267 g/mol. The van der Waals surface area contributed by atoms with Gasteiger partial charge in [-0.2, -0.15) is 0 Å². The summed E-state index contributed by atoms with van der Waals surface area (Å²) in [5.41, 5.74) is 1.79. The summed E-state index contributed by atoms with van der Waals surface area (Å²) in [5, 5.41) is 0. The number of sulfonamides is 1. The fourth-order valence-corrected chi connectivity index (χ4v) is 4.13. The first-order chi connectivity index (χ1) is 8.49. The van der Waals surface area contributed by atoms with E-state index >= 15 is 0 Å². The molecule has 0 heterocycles. The van der Waals surface area contributed by atoms with Gasteiger partial charge in [-0.1, -0.05) is 31.4 Å². The minimum atomic E-state index is -3.36. The van der Waals surface area contributed by atoms with Gasteiger partial charge in [0.2, 0.25) is 10.0 Å².